The van der Waals surface area contributed by atoms with Crippen LogP contribution in [-0.2, 0) is 12.8 Å². The van der Waals surface area contributed by atoms with Crippen LogP contribution in [0.1, 0.15) is 17.5 Å². The maximum absolute atomic E-state index is 6.17. The van der Waals surface area contributed by atoms with Crippen LogP contribution >= 0.6 is 15.9 Å². The molecule has 0 spiro atoms. The van der Waals surface area contributed by atoms with Crippen molar-refractivity contribution in [2.75, 3.05) is 0 Å². The Balaban J connectivity index is 1.84. The summed E-state index contributed by atoms with van der Waals surface area (Å²) in [5, 5.41) is 0. The number of nitrogens with zero attached hydrogens (tertiary/aromatic N) is 1. The Labute approximate surface area is 116 Å². The number of pyridine rings is 1. The second kappa shape index (κ2) is 6.66. The van der Waals surface area contributed by atoms with E-state index in [4.69, 9.17) is 5.73 Å². The maximum Gasteiger partial charge on any atom is 0.0299 e. The van der Waals surface area contributed by atoms with Crippen molar-refractivity contribution in [2.24, 2.45) is 5.73 Å². The van der Waals surface area contributed by atoms with Gasteiger partial charge >= 0.3 is 0 Å². The molecule has 0 radical (unpaired) electrons. The summed E-state index contributed by atoms with van der Waals surface area (Å²) in [7, 11) is 0. The summed E-state index contributed by atoms with van der Waals surface area (Å²) < 4.78 is 1.11. The molecule has 0 bridgehead atoms. The van der Waals surface area contributed by atoms with Crippen molar-refractivity contribution in [2.45, 2.75) is 25.3 Å². The summed E-state index contributed by atoms with van der Waals surface area (Å²) in [6.45, 7) is 0. The molecule has 0 aliphatic heterocycles. The Hall–Kier alpha value is -1.19. The standard InChI is InChI=1S/C15H17BrN2/c16-14-5-1-3-13(9-14)10-15(17)7-6-12-4-2-8-18-11-12/h1-5,8-9,11,15H,6-7,10,17H2. The van der Waals surface area contributed by atoms with Crippen LogP contribution in [0.3, 0.4) is 0 Å². The summed E-state index contributed by atoms with van der Waals surface area (Å²) in [6.07, 6.45) is 6.59. The van der Waals surface area contributed by atoms with Gasteiger partial charge in [0.05, 0.1) is 0 Å². The first-order valence-electron chi connectivity index (χ1n) is 6.13. The number of aromatic nitrogens is 1. The summed E-state index contributed by atoms with van der Waals surface area (Å²) in [6, 6.07) is 12.6. The van der Waals surface area contributed by atoms with E-state index in [0.29, 0.717) is 0 Å². The van der Waals surface area contributed by atoms with Gasteiger partial charge in [-0.05, 0) is 48.6 Å². The molecular formula is C15H17BrN2. The van der Waals surface area contributed by atoms with Gasteiger partial charge in [0.1, 0.15) is 0 Å². The number of hydrogen-bond donors (Lipinski definition) is 1. The van der Waals surface area contributed by atoms with Crippen molar-refractivity contribution in [3.05, 3.63) is 64.4 Å². The second-order valence-electron chi connectivity index (χ2n) is 4.49. The Morgan fingerprint density at radius 1 is 1.17 bits per heavy atom. The maximum atomic E-state index is 6.17. The van der Waals surface area contributed by atoms with Gasteiger partial charge in [-0.1, -0.05) is 34.1 Å². The van der Waals surface area contributed by atoms with Crippen LogP contribution in [0.15, 0.2) is 53.3 Å². The van der Waals surface area contributed by atoms with E-state index in [-0.39, 0.29) is 6.04 Å². The average molecular weight is 305 g/mol. The lowest BCUT2D eigenvalue weighted by Gasteiger charge is -2.11. The fourth-order valence-electron chi connectivity index (χ4n) is 1.97. The molecule has 2 aromatic rings. The molecule has 0 saturated carbocycles. The highest BCUT2D eigenvalue weighted by molar-refractivity contribution is 9.10. The number of aryl methyl sites for hydroxylation is 1. The Morgan fingerprint density at radius 3 is 2.72 bits per heavy atom. The molecule has 0 aliphatic carbocycles. The minimum Gasteiger partial charge on any atom is -0.327 e. The van der Waals surface area contributed by atoms with Crippen LogP contribution in [0, 0.1) is 0 Å². The van der Waals surface area contributed by atoms with Crippen molar-refractivity contribution in [1.29, 1.82) is 0 Å². The van der Waals surface area contributed by atoms with Gasteiger partial charge in [0.25, 0.3) is 0 Å². The van der Waals surface area contributed by atoms with Crippen molar-refractivity contribution in [3.63, 3.8) is 0 Å². The summed E-state index contributed by atoms with van der Waals surface area (Å²) >= 11 is 3.48. The molecule has 3 heteroatoms. The number of rotatable bonds is 5. The minimum absolute atomic E-state index is 0.194. The zero-order valence-corrected chi connectivity index (χ0v) is 11.8. The third-order valence-corrected chi connectivity index (χ3v) is 3.41. The van der Waals surface area contributed by atoms with Crippen LogP contribution in [0.4, 0.5) is 0 Å². The molecule has 94 valence electrons. The van der Waals surface area contributed by atoms with Gasteiger partial charge in [0, 0.05) is 22.9 Å². The molecule has 1 unspecified atom stereocenters. The zero-order chi connectivity index (χ0) is 12.8. The quantitative estimate of drug-likeness (QED) is 0.920. The monoisotopic (exact) mass is 304 g/mol. The molecule has 1 atom stereocenters. The largest absolute Gasteiger partial charge is 0.327 e. The first kappa shape index (κ1) is 13.2. The van der Waals surface area contributed by atoms with E-state index in [0.717, 1.165) is 23.7 Å². The lowest BCUT2D eigenvalue weighted by Crippen LogP contribution is -2.23. The molecule has 1 aromatic carbocycles. The lowest BCUT2D eigenvalue weighted by molar-refractivity contribution is 0.609. The highest BCUT2D eigenvalue weighted by atomic mass is 79.9. The van der Waals surface area contributed by atoms with Crippen molar-refractivity contribution < 1.29 is 0 Å². The molecule has 0 fully saturated rings. The van der Waals surface area contributed by atoms with Crippen LogP contribution in [0.5, 0.6) is 0 Å². The van der Waals surface area contributed by atoms with Crippen molar-refractivity contribution in [3.8, 4) is 0 Å². The van der Waals surface area contributed by atoms with E-state index in [1.165, 1.54) is 11.1 Å². The highest BCUT2D eigenvalue weighted by Gasteiger charge is 2.05. The third-order valence-electron chi connectivity index (χ3n) is 2.91. The Kier molecular flexibility index (Phi) is 4.90. The van der Waals surface area contributed by atoms with Crippen LogP contribution < -0.4 is 5.73 Å². The highest BCUT2D eigenvalue weighted by Crippen LogP contribution is 2.14. The lowest BCUT2D eigenvalue weighted by atomic mass is 10.0. The molecule has 2 nitrogen and oxygen atoms in total. The van der Waals surface area contributed by atoms with Gasteiger partial charge in [-0.2, -0.15) is 0 Å². The van der Waals surface area contributed by atoms with Crippen molar-refractivity contribution in [1.82, 2.24) is 4.98 Å². The van der Waals surface area contributed by atoms with Crippen LogP contribution in [-0.4, -0.2) is 11.0 Å². The van der Waals surface area contributed by atoms with E-state index in [1.807, 2.05) is 24.4 Å². The van der Waals surface area contributed by atoms with Gasteiger partial charge < -0.3 is 5.73 Å². The zero-order valence-electron chi connectivity index (χ0n) is 10.2. The average Bonchev–Trinajstić information content (AvgIpc) is 2.38. The van der Waals surface area contributed by atoms with E-state index >= 15 is 0 Å². The first-order valence-corrected chi connectivity index (χ1v) is 6.92. The first-order chi connectivity index (χ1) is 8.74. The molecule has 1 heterocycles. The van der Waals surface area contributed by atoms with Gasteiger partial charge in [-0.25, -0.2) is 0 Å². The Morgan fingerprint density at radius 2 is 2.00 bits per heavy atom. The predicted molar refractivity (Wildman–Crippen MR) is 78.4 cm³/mol. The number of benzene rings is 1. The van der Waals surface area contributed by atoms with E-state index in [9.17, 15) is 0 Å². The SMILES string of the molecule is NC(CCc1cccnc1)Cc1cccc(Br)c1. The number of halogens is 1. The van der Waals surface area contributed by atoms with Crippen LogP contribution in [0.25, 0.3) is 0 Å². The van der Waals surface area contributed by atoms with Gasteiger partial charge in [-0.15, -0.1) is 0 Å². The molecule has 0 aliphatic rings. The smallest absolute Gasteiger partial charge is 0.0299 e. The molecule has 0 saturated heterocycles. The molecule has 2 rings (SSSR count). The Bertz CT molecular complexity index is 485. The molecule has 18 heavy (non-hydrogen) atoms. The summed E-state index contributed by atoms with van der Waals surface area (Å²) in [4.78, 5) is 4.11. The van der Waals surface area contributed by atoms with E-state index in [1.54, 1.807) is 6.20 Å². The number of hydrogen-bond acceptors (Lipinski definition) is 2. The molecule has 2 N–H and O–H groups in total. The predicted octanol–water partition coefficient (Wildman–Crippen LogP) is 3.35. The van der Waals surface area contributed by atoms with Gasteiger partial charge in [-0.3, -0.25) is 4.98 Å². The summed E-state index contributed by atoms with van der Waals surface area (Å²) in [5.74, 6) is 0. The van der Waals surface area contributed by atoms with Crippen LogP contribution in [0.2, 0.25) is 0 Å². The van der Waals surface area contributed by atoms with Gasteiger partial charge in [0.2, 0.25) is 0 Å². The summed E-state index contributed by atoms with van der Waals surface area (Å²) in [5.41, 5.74) is 8.70. The van der Waals surface area contributed by atoms with Crippen molar-refractivity contribution >= 4 is 15.9 Å². The molecular weight excluding hydrogens is 288 g/mol. The normalized spacial score (nSPS) is 12.3. The molecule has 1 aromatic heterocycles. The second-order valence-corrected chi connectivity index (χ2v) is 5.41. The van der Waals surface area contributed by atoms with E-state index in [2.05, 4.69) is 39.1 Å². The molecule has 0 amide bonds. The minimum atomic E-state index is 0.194. The van der Waals surface area contributed by atoms with Gasteiger partial charge in [0.15, 0.2) is 0 Å². The van der Waals surface area contributed by atoms with E-state index < -0.39 is 0 Å². The topological polar surface area (TPSA) is 38.9 Å². The third kappa shape index (κ3) is 4.24. The fourth-order valence-corrected chi connectivity index (χ4v) is 2.41. The number of nitrogens with two attached hydrogens (primary N) is 1. The fraction of sp³-hybridized carbons (Fsp3) is 0.267.